The number of aryl methyl sites for hydroxylation is 1. The minimum Gasteiger partial charge on any atom is -0.425 e. The Bertz CT molecular complexity index is 1090. The second-order valence-electron chi connectivity index (χ2n) is 6.45. The van der Waals surface area contributed by atoms with Gasteiger partial charge < -0.3 is 9.30 Å². The van der Waals surface area contributed by atoms with Gasteiger partial charge in [0.1, 0.15) is 12.3 Å². The van der Waals surface area contributed by atoms with Crippen LogP contribution < -0.4 is 16.0 Å². The van der Waals surface area contributed by atoms with Crippen LogP contribution in [0.5, 0.6) is 5.75 Å². The zero-order valence-corrected chi connectivity index (χ0v) is 15.1. The fraction of sp³-hybridized carbons (Fsp3) is 0.333. The van der Waals surface area contributed by atoms with Crippen molar-refractivity contribution in [2.45, 2.75) is 26.3 Å². The van der Waals surface area contributed by atoms with E-state index >= 15 is 0 Å². The molecule has 2 heterocycles. The second kappa shape index (κ2) is 6.62. The molecule has 0 atom stereocenters. The molecule has 0 radical (unpaired) electrons. The third-order valence-electron chi connectivity index (χ3n) is 4.30. The first-order valence-corrected chi connectivity index (χ1v) is 8.21. The number of benzene rings is 1. The SMILES string of the molecule is CC(C)c1ccc(OC(=O)Cn2cnc3c2c(=O)n(C)c(=O)n3C)cc1. The van der Waals surface area contributed by atoms with Crippen molar-refractivity contribution in [3.63, 3.8) is 0 Å². The predicted molar refractivity (Wildman–Crippen MR) is 96.4 cm³/mol. The summed E-state index contributed by atoms with van der Waals surface area (Å²) in [4.78, 5) is 40.6. The number of carbonyl (C=O) groups excluding carboxylic acids is 1. The van der Waals surface area contributed by atoms with Crippen LogP contribution in [-0.2, 0) is 25.4 Å². The van der Waals surface area contributed by atoms with E-state index in [-0.39, 0.29) is 17.7 Å². The fourth-order valence-electron chi connectivity index (χ4n) is 2.74. The van der Waals surface area contributed by atoms with E-state index in [0.717, 1.165) is 10.1 Å². The molecule has 0 spiro atoms. The van der Waals surface area contributed by atoms with Crippen molar-refractivity contribution in [1.82, 2.24) is 18.7 Å². The molecule has 0 bridgehead atoms. The lowest BCUT2D eigenvalue weighted by Crippen LogP contribution is -2.37. The summed E-state index contributed by atoms with van der Waals surface area (Å²) in [7, 11) is 2.91. The lowest BCUT2D eigenvalue weighted by atomic mass is 10.0. The normalized spacial score (nSPS) is 11.3. The van der Waals surface area contributed by atoms with Gasteiger partial charge in [-0.05, 0) is 23.6 Å². The van der Waals surface area contributed by atoms with Crippen LogP contribution in [0.4, 0.5) is 0 Å². The highest BCUT2D eigenvalue weighted by Gasteiger charge is 2.16. The standard InChI is InChI=1S/C18H20N4O4/c1-11(2)12-5-7-13(8-6-12)26-14(23)9-22-10-19-16-15(22)17(24)21(4)18(25)20(16)3/h5-8,10-11H,9H2,1-4H3. The first kappa shape index (κ1) is 17.7. The third kappa shape index (κ3) is 3.05. The number of aromatic nitrogens is 4. The lowest BCUT2D eigenvalue weighted by molar-refractivity contribution is -0.135. The Morgan fingerprint density at radius 3 is 2.38 bits per heavy atom. The smallest absolute Gasteiger partial charge is 0.332 e. The summed E-state index contributed by atoms with van der Waals surface area (Å²) < 4.78 is 8.97. The van der Waals surface area contributed by atoms with Crippen LogP contribution in [0.1, 0.15) is 25.3 Å². The Hall–Kier alpha value is -3.16. The fourth-order valence-corrected chi connectivity index (χ4v) is 2.74. The molecule has 8 heteroatoms. The molecule has 26 heavy (non-hydrogen) atoms. The predicted octanol–water partition coefficient (Wildman–Crippen LogP) is 1.16. The molecule has 0 amide bonds. The van der Waals surface area contributed by atoms with E-state index in [1.807, 2.05) is 12.1 Å². The molecular weight excluding hydrogens is 336 g/mol. The summed E-state index contributed by atoms with van der Waals surface area (Å²) in [5, 5.41) is 0. The molecule has 2 aromatic heterocycles. The molecule has 3 aromatic rings. The van der Waals surface area contributed by atoms with Gasteiger partial charge in [-0.3, -0.25) is 13.9 Å². The number of ether oxygens (including phenoxy) is 1. The largest absolute Gasteiger partial charge is 0.425 e. The number of carbonyl (C=O) groups is 1. The van der Waals surface area contributed by atoms with E-state index in [9.17, 15) is 14.4 Å². The van der Waals surface area contributed by atoms with Crippen LogP contribution in [-0.4, -0.2) is 24.7 Å². The molecule has 8 nitrogen and oxygen atoms in total. The zero-order valence-electron chi connectivity index (χ0n) is 15.1. The molecule has 0 N–H and O–H groups in total. The molecule has 3 rings (SSSR count). The van der Waals surface area contributed by atoms with Crippen molar-refractivity contribution in [2.75, 3.05) is 0 Å². The number of imidazole rings is 1. The van der Waals surface area contributed by atoms with Crippen LogP contribution in [0.3, 0.4) is 0 Å². The second-order valence-corrected chi connectivity index (χ2v) is 6.45. The van der Waals surface area contributed by atoms with Gasteiger partial charge in [-0.15, -0.1) is 0 Å². The quantitative estimate of drug-likeness (QED) is 0.517. The monoisotopic (exact) mass is 356 g/mol. The molecule has 0 saturated heterocycles. The number of hydrogen-bond donors (Lipinski definition) is 0. The van der Waals surface area contributed by atoms with Crippen LogP contribution in [0.25, 0.3) is 11.2 Å². The molecule has 0 aliphatic carbocycles. The Labute approximate surface area is 149 Å². The van der Waals surface area contributed by atoms with E-state index < -0.39 is 17.2 Å². The molecule has 0 aliphatic rings. The molecule has 136 valence electrons. The van der Waals surface area contributed by atoms with Gasteiger partial charge in [-0.1, -0.05) is 26.0 Å². The maximum Gasteiger partial charge on any atom is 0.332 e. The van der Waals surface area contributed by atoms with Crippen LogP contribution in [0.15, 0.2) is 40.2 Å². The van der Waals surface area contributed by atoms with E-state index in [0.29, 0.717) is 11.7 Å². The van der Waals surface area contributed by atoms with Crippen LogP contribution >= 0.6 is 0 Å². The summed E-state index contributed by atoms with van der Waals surface area (Å²) in [6.07, 6.45) is 1.36. The summed E-state index contributed by atoms with van der Waals surface area (Å²) >= 11 is 0. The number of rotatable bonds is 4. The summed E-state index contributed by atoms with van der Waals surface area (Å²) in [5.41, 5.74) is 0.582. The van der Waals surface area contributed by atoms with Crippen molar-refractivity contribution in [2.24, 2.45) is 14.1 Å². The average Bonchev–Trinajstić information content (AvgIpc) is 3.02. The van der Waals surface area contributed by atoms with Crippen molar-refractivity contribution in [3.8, 4) is 5.75 Å². The minimum atomic E-state index is -0.530. The summed E-state index contributed by atoms with van der Waals surface area (Å²) in [6, 6.07) is 7.29. The molecule has 0 fully saturated rings. The summed E-state index contributed by atoms with van der Waals surface area (Å²) in [5.74, 6) is 0.293. The third-order valence-corrected chi connectivity index (χ3v) is 4.30. The molecule has 0 saturated carbocycles. The maximum atomic E-state index is 12.4. The molecular formula is C18H20N4O4. The Balaban J connectivity index is 1.86. The van der Waals surface area contributed by atoms with Crippen LogP contribution in [0, 0.1) is 0 Å². The summed E-state index contributed by atoms with van der Waals surface area (Å²) in [6.45, 7) is 3.98. The topological polar surface area (TPSA) is 88.1 Å². The van der Waals surface area contributed by atoms with E-state index in [2.05, 4.69) is 18.8 Å². The zero-order chi connectivity index (χ0) is 19.0. The highest BCUT2D eigenvalue weighted by molar-refractivity contribution is 5.76. The maximum absolute atomic E-state index is 12.4. The number of esters is 1. The van der Waals surface area contributed by atoms with E-state index in [1.54, 1.807) is 12.1 Å². The first-order chi connectivity index (χ1) is 12.3. The average molecular weight is 356 g/mol. The molecule has 1 aromatic carbocycles. The van der Waals surface area contributed by atoms with Gasteiger partial charge in [0, 0.05) is 14.1 Å². The Morgan fingerprint density at radius 2 is 1.77 bits per heavy atom. The number of fused-ring (bicyclic) bond motifs is 1. The van der Waals surface area contributed by atoms with Gasteiger partial charge in [-0.25, -0.2) is 14.6 Å². The Kier molecular flexibility index (Phi) is 4.50. The van der Waals surface area contributed by atoms with E-state index in [1.165, 1.54) is 29.6 Å². The highest BCUT2D eigenvalue weighted by atomic mass is 16.5. The molecule has 0 aliphatic heterocycles. The van der Waals surface area contributed by atoms with Crippen molar-refractivity contribution >= 4 is 17.1 Å². The number of nitrogens with zero attached hydrogens (tertiary/aromatic N) is 4. The Morgan fingerprint density at radius 1 is 1.12 bits per heavy atom. The van der Waals surface area contributed by atoms with Crippen molar-refractivity contribution in [1.29, 1.82) is 0 Å². The minimum absolute atomic E-state index is 0.182. The number of hydrogen-bond acceptors (Lipinski definition) is 5. The van der Waals surface area contributed by atoms with Gasteiger partial charge in [0.2, 0.25) is 0 Å². The van der Waals surface area contributed by atoms with E-state index in [4.69, 9.17) is 4.74 Å². The van der Waals surface area contributed by atoms with Gasteiger partial charge in [0.05, 0.1) is 6.33 Å². The van der Waals surface area contributed by atoms with Crippen molar-refractivity contribution in [3.05, 3.63) is 57.0 Å². The first-order valence-electron chi connectivity index (χ1n) is 8.21. The van der Waals surface area contributed by atoms with Gasteiger partial charge in [0.15, 0.2) is 11.2 Å². The molecule has 0 unspecified atom stereocenters. The highest BCUT2D eigenvalue weighted by Crippen LogP contribution is 2.19. The van der Waals surface area contributed by atoms with Gasteiger partial charge in [0.25, 0.3) is 5.56 Å². The van der Waals surface area contributed by atoms with Crippen molar-refractivity contribution < 1.29 is 9.53 Å². The van der Waals surface area contributed by atoms with Crippen LogP contribution in [0.2, 0.25) is 0 Å². The van der Waals surface area contributed by atoms with Gasteiger partial charge >= 0.3 is 11.7 Å². The van der Waals surface area contributed by atoms with Gasteiger partial charge in [-0.2, -0.15) is 0 Å². The lowest BCUT2D eigenvalue weighted by Gasteiger charge is -2.09.